The van der Waals surface area contributed by atoms with Crippen molar-refractivity contribution in [1.82, 2.24) is 4.98 Å². The predicted octanol–water partition coefficient (Wildman–Crippen LogP) is 3.03. The summed E-state index contributed by atoms with van der Waals surface area (Å²) >= 11 is 0. The number of nitrogens with one attached hydrogen (secondary N) is 1. The fourth-order valence-electron chi connectivity index (χ4n) is 2.80. The number of amides is 1. The number of aryl methyl sites for hydroxylation is 1. The zero-order chi connectivity index (χ0) is 14.5. The van der Waals surface area contributed by atoms with Gasteiger partial charge in [0.1, 0.15) is 0 Å². The second-order valence-electron chi connectivity index (χ2n) is 5.70. The molecule has 0 saturated carbocycles. The Kier molecular flexibility index (Phi) is 5.12. The highest BCUT2D eigenvalue weighted by molar-refractivity contribution is 5.93. The van der Waals surface area contributed by atoms with Crippen molar-refractivity contribution in [1.29, 1.82) is 0 Å². The molecular weight excluding hydrogens is 252 g/mol. The number of aromatic nitrogens is 1. The maximum Gasteiger partial charge on any atom is 0.230 e. The molecule has 1 aliphatic rings. The van der Waals surface area contributed by atoms with E-state index in [9.17, 15) is 4.79 Å². The van der Waals surface area contributed by atoms with Crippen LogP contribution in [0.2, 0.25) is 0 Å². The minimum absolute atomic E-state index is 0.0238. The van der Waals surface area contributed by atoms with Crippen molar-refractivity contribution in [3.05, 3.63) is 24.0 Å². The molecule has 0 aliphatic carbocycles. The smallest absolute Gasteiger partial charge is 0.230 e. The second-order valence-corrected chi connectivity index (χ2v) is 5.70. The number of anilines is 1. The molecule has 1 aromatic rings. The molecule has 1 aliphatic heterocycles. The van der Waals surface area contributed by atoms with Gasteiger partial charge in [-0.2, -0.15) is 0 Å². The van der Waals surface area contributed by atoms with Crippen LogP contribution in [-0.4, -0.2) is 23.6 Å². The van der Waals surface area contributed by atoms with Gasteiger partial charge in [0, 0.05) is 24.7 Å². The van der Waals surface area contributed by atoms with Gasteiger partial charge in [-0.25, -0.2) is 0 Å². The van der Waals surface area contributed by atoms with Gasteiger partial charge in [0.2, 0.25) is 5.91 Å². The molecule has 1 saturated heterocycles. The maximum absolute atomic E-state index is 12.5. The van der Waals surface area contributed by atoms with Gasteiger partial charge in [-0.1, -0.05) is 20.8 Å². The van der Waals surface area contributed by atoms with Crippen molar-refractivity contribution in [2.75, 3.05) is 11.9 Å². The van der Waals surface area contributed by atoms with E-state index in [2.05, 4.69) is 31.1 Å². The Balaban J connectivity index is 2.10. The Hall–Kier alpha value is -1.42. The second kappa shape index (κ2) is 6.84. The minimum Gasteiger partial charge on any atom is -0.377 e. The van der Waals surface area contributed by atoms with Crippen molar-refractivity contribution in [2.45, 2.75) is 46.1 Å². The van der Waals surface area contributed by atoms with Gasteiger partial charge in [-0.3, -0.25) is 9.78 Å². The van der Waals surface area contributed by atoms with Crippen molar-refractivity contribution in [3.63, 3.8) is 0 Å². The molecule has 0 unspecified atom stereocenters. The molecule has 0 bridgehead atoms. The minimum atomic E-state index is -0.0541. The third-order valence-electron chi connectivity index (χ3n) is 3.90. The standard InChI is InChI=1S/C16H24N2O2/c1-4-12-10-17-8-7-14(12)18-16(19)13-6-5-9-20-15(13)11(2)3/h7-8,10-11,13,15H,4-6,9H2,1-3H3,(H,17,18,19)/t13-,15+/m1/s1. The molecule has 0 aromatic carbocycles. The maximum atomic E-state index is 12.5. The first-order valence-corrected chi connectivity index (χ1v) is 7.48. The predicted molar refractivity (Wildman–Crippen MR) is 79.5 cm³/mol. The summed E-state index contributed by atoms with van der Waals surface area (Å²) in [7, 11) is 0. The largest absolute Gasteiger partial charge is 0.377 e. The van der Waals surface area contributed by atoms with Gasteiger partial charge in [-0.05, 0) is 36.8 Å². The molecule has 110 valence electrons. The van der Waals surface area contributed by atoms with Crippen LogP contribution in [0.25, 0.3) is 0 Å². The third-order valence-corrected chi connectivity index (χ3v) is 3.90. The molecule has 0 radical (unpaired) electrons. The van der Waals surface area contributed by atoms with Gasteiger partial charge in [0.05, 0.1) is 12.0 Å². The molecular formula is C16H24N2O2. The van der Waals surface area contributed by atoms with Crippen molar-refractivity contribution in [3.8, 4) is 0 Å². The summed E-state index contributed by atoms with van der Waals surface area (Å²) in [5.74, 6) is 0.375. The number of ether oxygens (including phenoxy) is 1. The Bertz CT molecular complexity index is 460. The first-order valence-electron chi connectivity index (χ1n) is 7.48. The van der Waals surface area contributed by atoms with Crippen LogP contribution in [-0.2, 0) is 16.0 Å². The molecule has 4 nitrogen and oxygen atoms in total. The Morgan fingerprint density at radius 3 is 3.05 bits per heavy atom. The van der Waals surface area contributed by atoms with Crippen LogP contribution in [0.3, 0.4) is 0 Å². The molecule has 2 atom stereocenters. The summed E-state index contributed by atoms with van der Waals surface area (Å²) in [6.07, 6.45) is 6.27. The van der Waals surface area contributed by atoms with Gasteiger partial charge in [-0.15, -0.1) is 0 Å². The van der Waals surface area contributed by atoms with E-state index in [0.29, 0.717) is 5.92 Å². The number of carbonyl (C=O) groups excluding carboxylic acids is 1. The average Bonchev–Trinajstić information content (AvgIpc) is 2.47. The Labute approximate surface area is 120 Å². The summed E-state index contributed by atoms with van der Waals surface area (Å²) in [4.78, 5) is 16.6. The fraction of sp³-hybridized carbons (Fsp3) is 0.625. The average molecular weight is 276 g/mol. The molecule has 2 rings (SSSR count). The molecule has 4 heteroatoms. The summed E-state index contributed by atoms with van der Waals surface area (Å²) in [5.41, 5.74) is 1.94. The number of nitrogens with zero attached hydrogens (tertiary/aromatic N) is 1. The molecule has 1 amide bonds. The van der Waals surface area contributed by atoms with Crippen LogP contribution in [0.4, 0.5) is 5.69 Å². The summed E-state index contributed by atoms with van der Waals surface area (Å²) < 4.78 is 5.79. The number of hydrogen-bond donors (Lipinski definition) is 1. The van der Waals surface area contributed by atoms with Crippen LogP contribution < -0.4 is 5.32 Å². The summed E-state index contributed by atoms with van der Waals surface area (Å²) in [6.45, 7) is 7.05. The van der Waals surface area contributed by atoms with E-state index >= 15 is 0 Å². The zero-order valence-electron chi connectivity index (χ0n) is 12.6. The molecule has 1 aromatic heterocycles. The topological polar surface area (TPSA) is 51.2 Å². The van der Waals surface area contributed by atoms with E-state index in [4.69, 9.17) is 4.74 Å². The quantitative estimate of drug-likeness (QED) is 0.919. The summed E-state index contributed by atoms with van der Waals surface area (Å²) in [5, 5.41) is 3.06. The number of carbonyl (C=O) groups is 1. The van der Waals surface area contributed by atoms with E-state index in [1.165, 1.54) is 0 Å². The van der Waals surface area contributed by atoms with Crippen LogP contribution in [0.5, 0.6) is 0 Å². The first kappa shape index (κ1) is 15.0. The molecule has 2 heterocycles. The molecule has 0 spiro atoms. The Morgan fingerprint density at radius 1 is 1.55 bits per heavy atom. The van der Waals surface area contributed by atoms with E-state index in [0.717, 1.165) is 37.1 Å². The monoisotopic (exact) mass is 276 g/mol. The summed E-state index contributed by atoms with van der Waals surface area (Å²) in [6, 6.07) is 1.87. The fourth-order valence-corrected chi connectivity index (χ4v) is 2.80. The SMILES string of the molecule is CCc1cnccc1NC(=O)[C@@H]1CCCO[C@H]1C(C)C. The van der Waals surface area contributed by atoms with E-state index in [1.807, 2.05) is 12.3 Å². The number of pyridine rings is 1. The lowest BCUT2D eigenvalue weighted by Gasteiger charge is -2.33. The van der Waals surface area contributed by atoms with Crippen molar-refractivity contribution >= 4 is 11.6 Å². The lowest BCUT2D eigenvalue weighted by Crippen LogP contribution is -2.41. The van der Waals surface area contributed by atoms with Gasteiger partial charge < -0.3 is 10.1 Å². The van der Waals surface area contributed by atoms with Crippen LogP contribution in [0.1, 0.15) is 39.2 Å². The molecule has 20 heavy (non-hydrogen) atoms. The highest BCUT2D eigenvalue weighted by Gasteiger charge is 2.34. The lowest BCUT2D eigenvalue weighted by molar-refractivity contribution is -0.131. The lowest BCUT2D eigenvalue weighted by atomic mass is 9.86. The number of hydrogen-bond acceptors (Lipinski definition) is 3. The van der Waals surface area contributed by atoms with Gasteiger partial charge in [0.15, 0.2) is 0 Å². The zero-order valence-corrected chi connectivity index (χ0v) is 12.6. The van der Waals surface area contributed by atoms with Crippen LogP contribution in [0.15, 0.2) is 18.5 Å². The van der Waals surface area contributed by atoms with E-state index in [-0.39, 0.29) is 17.9 Å². The van der Waals surface area contributed by atoms with E-state index in [1.54, 1.807) is 6.20 Å². The molecule has 1 N–H and O–H groups in total. The first-order chi connectivity index (χ1) is 9.63. The highest BCUT2D eigenvalue weighted by atomic mass is 16.5. The van der Waals surface area contributed by atoms with Gasteiger partial charge in [0.25, 0.3) is 0 Å². The molecule has 1 fully saturated rings. The van der Waals surface area contributed by atoms with Crippen LogP contribution >= 0.6 is 0 Å². The van der Waals surface area contributed by atoms with Crippen molar-refractivity contribution in [2.24, 2.45) is 11.8 Å². The normalized spacial score (nSPS) is 22.8. The van der Waals surface area contributed by atoms with Gasteiger partial charge >= 0.3 is 0 Å². The van der Waals surface area contributed by atoms with E-state index < -0.39 is 0 Å². The number of rotatable bonds is 4. The van der Waals surface area contributed by atoms with Crippen molar-refractivity contribution < 1.29 is 9.53 Å². The highest BCUT2D eigenvalue weighted by Crippen LogP contribution is 2.28. The van der Waals surface area contributed by atoms with Crippen LogP contribution in [0, 0.1) is 11.8 Å². The Morgan fingerprint density at radius 2 is 2.35 bits per heavy atom. The third kappa shape index (κ3) is 3.37.